The van der Waals surface area contributed by atoms with Crippen LogP contribution in [-0.4, -0.2) is 23.1 Å². The summed E-state index contributed by atoms with van der Waals surface area (Å²) in [6, 6.07) is 14.1. The number of rotatable bonds is 7. The normalized spacial score (nSPS) is 12.2. The molecule has 0 fully saturated rings. The molecule has 0 aliphatic carbocycles. The Morgan fingerprint density at radius 1 is 1.32 bits per heavy atom. The van der Waals surface area contributed by atoms with Crippen molar-refractivity contribution in [2.45, 2.75) is 19.4 Å². The van der Waals surface area contributed by atoms with E-state index in [1.54, 1.807) is 6.07 Å². The Kier molecular flexibility index (Phi) is 6.05. The third kappa shape index (κ3) is 4.37. The average Bonchev–Trinajstić information content (AvgIpc) is 3.17. The quantitative estimate of drug-likeness (QED) is 0.329. The van der Waals surface area contributed by atoms with Gasteiger partial charge in [-0.2, -0.15) is 5.10 Å². The monoisotopic (exact) mass is 445 g/mol. The molecule has 0 bridgehead atoms. The fraction of sp³-hybridized carbons (Fsp3) is 0.158. The number of carbonyl (C=O) groups is 1. The molecule has 0 saturated heterocycles. The lowest BCUT2D eigenvalue weighted by molar-refractivity contribution is -0.402. The van der Waals surface area contributed by atoms with Gasteiger partial charge in [0.15, 0.2) is 11.9 Å². The summed E-state index contributed by atoms with van der Waals surface area (Å²) < 4.78 is 11.6. The number of fused-ring (bicyclic) bond motifs is 1. The van der Waals surface area contributed by atoms with Gasteiger partial charge in [-0.3, -0.25) is 14.9 Å². The van der Waals surface area contributed by atoms with Gasteiger partial charge in [0.1, 0.15) is 10.7 Å². The first kappa shape index (κ1) is 19.6. The summed E-state index contributed by atoms with van der Waals surface area (Å²) in [4.78, 5) is 22.3. The highest BCUT2D eigenvalue weighted by molar-refractivity contribution is 9.10. The predicted molar refractivity (Wildman–Crippen MR) is 107 cm³/mol. The second kappa shape index (κ2) is 8.66. The molecule has 3 rings (SSSR count). The van der Waals surface area contributed by atoms with Gasteiger partial charge in [0.2, 0.25) is 0 Å². The molecule has 144 valence electrons. The molecule has 0 unspecified atom stereocenters. The van der Waals surface area contributed by atoms with Crippen molar-refractivity contribution >= 4 is 44.7 Å². The molecule has 1 aromatic heterocycles. The van der Waals surface area contributed by atoms with Crippen LogP contribution < -0.4 is 10.2 Å². The highest BCUT2D eigenvalue weighted by Gasteiger charge is 2.20. The first-order chi connectivity index (χ1) is 13.5. The molecule has 28 heavy (non-hydrogen) atoms. The molecule has 1 atom stereocenters. The highest BCUT2D eigenvalue weighted by atomic mass is 79.9. The van der Waals surface area contributed by atoms with Crippen LogP contribution in [0.5, 0.6) is 5.75 Å². The van der Waals surface area contributed by atoms with Crippen molar-refractivity contribution in [2.24, 2.45) is 5.10 Å². The minimum absolute atomic E-state index is 0.151. The summed E-state index contributed by atoms with van der Waals surface area (Å²) in [5, 5.41) is 16.4. The molecule has 0 spiro atoms. The summed E-state index contributed by atoms with van der Waals surface area (Å²) in [5.41, 5.74) is 2.36. The maximum absolute atomic E-state index is 12.4. The number of benzene rings is 2. The summed E-state index contributed by atoms with van der Waals surface area (Å²) in [6.45, 7) is 1.82. The van der Waals surface area contributed by atoms with E-state index in [-0.39, 0.29) is 5.76 Å². The number of hydrogen-bond acceptors (Lipinski definition) is 6. The first-order valence-electron chi connectivity index (χ1n) is 8.40. The van der Waals surface area contributed by atoms with Crippen LogP contribution in [0.1, 0.15) is 19.1 Å². The summed E-state index contributed by atoms with van der Waals surface area (Å²) in [6.07, 6.45) is 0.844. The van der Waals surface area contributed by atoms with Gasteiger partial charge in [-0.05, 0) is 45.3 Å². The fourth-order valence-corrected chi connectivity index (χ4v) is 3.11. The second-order valence-electron chi connectivity index (χ2n) is 5.78. The van der Waals surface area contributed by atoms with Gasteiger partial charge >= 0.3 is 5.88 Å². The van der Waals surface area contributed by atoms with Crippen molar-refractivity contribution in [1.82, 2.24) is 5.43 Å². The lowest BCUT2D eigenvalue weighted by Crippen LogP contribution is -2.35. The van der Waals surface area contributed by atoms with Crippen LogP contribution >= 0.6 is 15.9 Å². The molecule has 2 aromatic carbocycles. The summed E-state index contributed by atoms with van der Waals surface area (Å²) in [5.74, 6) is -0.145. The van der Waals surface area contributed by atoms with Gasteiger partial charge < -0.3 is 9.15 Å². The van der Waals surface area contributed by atoms with Crippen LogP contribution in [0.4, 0.5) is 5.88 Å². The van der Waals surface area contributed by atoms with Crippen LogP contribution in [0.2, 0.25) is 0 Å². The highest BCUT2D eigenvalue weighted by Crippen LogP contribution is 2.33. The van der Waals surface area contributed by atoms with Crippen LogP contribution in [0.25, 0.3) is 10.8 Å². The van der Waals surface area contributed by atoms with Gasteiger partial charge in [-0.25, -0.2) is 5.43 Å². The minimum atomic E-state index is -0.763. The van der Waals surface area contributed by atoms with E-state index in [0.29, 0.717) is 12.2 Å². The van der Waals surface area contributed by atoms with Gasteiger partial charge in [-0.1, -0.05) is 37.3 Å². The Hall–Kier alpha value is -3.20. The Balaban J connectivity index is 1.67. The minimum Gasteiger partial charge on any atom is -0.479 e. The Morgan fingerprint density at radius 3 is 2.82 bits per heavy atom. The number of nitrogens with zero attached hydrogens (tertiary/aromatic N) is 2. The molecule has 0 aliphatic heterocycles. The van der Waals surface area contributed by atoms with Crippen LogP contribution in [0, 0.1) is 10.1 Å². The Bertz CT molecular complexity index is 1050. The molecule has 0 radical (unpaired) electrons. The largest absolute Gasteiger partial charge is 0.479 e. The topological polar surface area (TPSA) is 107 Å². The zero-order valence-corrected chi connectivity index (χ0v) is 16.4. The Morgan fingerprint density at radius 2 is 2.11 bits per heavy atom. The lowest BCUT2D eigenvalue weighted by atomic mass is 10.1. The number of halogens is 1. The standard InChI is InChI=1S/C19H16BrN3O5/c1-2-15(19(24)22-21-11-13-8-10-17(27-13)23(25)26)28-16-9-7-12-5-3-4-6-14(12)18(16)20/h3-11,15H,2H2,1H3,(H,22,24)/b21-11-/t15-/m0/s1. The van der Waals surface area contributed by atoms with Gasteiger partial charge in [0, 0.05) is 0 Å². The molecule has 3 aromatic rings. The van der Waals surface area contributed by atoms with Crippen molar-refractivity contribution in [3.05, 3.63) is 68.9 Å². The smallest absolute Gasteiger partial charge is 0.433 e. The van der Waals surface area contributed by atoms with Crippen LogP contribution in [-0.2, 0) is 4.79 Å². The van der Waals surface area contributed by atoms with Gasteiger partial charge in [0.25, 0.3) is 5.91 Å². The molecule has 1 N–H and O–H groups in total. The third-order valence-electron chi connectivity index (χ3n) is 3.92. The number of nitro groups is 1. The van der Waals surface area contributed by atoms with E-state index in [0.717, 1.165) is 15.2 Å². The number of carbonyl (C=O) groups excluding carboxylic acids is 1. The van der Waals surface area contributed by atoms with Crippen molar-refractivity contribution < 1.29 is 18.9 Å². The number of ether oxygens (including phenoxy) is 1. The van der Waals surface area contributed by atoms with Crippen LogP contribution in [0.15, 0.2) is 62.5 Å². The van der Waals surface area contributed by atoms with Crippen molar-refractivity contribution in [1.29, 1.82) is 0 Å². The molecular weight excluding hydrogens is 430 g/mol. The zero-order chi connectivity index (χ0) is 20.1. The van der Waals surface area contributed by atoms with Gasteiger partial charge in [0.05, 0.1) is 16.8 Å². The van der Waals surface area contributed by atoms with E-state index in [9.17, 15) is 14.9 Å². The van der Waals surface area contributed by atoms with E-state index < -0.39 is 22.8 Å². The zero-order valence-electron chi connectivity index (χ0n) is 14.8. The number of amides is 1. The summed E-state index contributed by atoms with van der Waals surface area (Å²) >= 11 is 3.53. The molecular formula is C19H16BrN3O5. The molecule has 1 heterocycles. The molecule has 0 aliphatic rings. The SMILES string of the molecule is CC[C@H](Oc1ccc2ccccc2c1Br)C(=O)N/N=C\c1ccc([N+](=O)[O-])o1. The van der Waals surface area contributed by atoms with E-state index in [4.69, 9.17) is 9.15 Å². The average molecular weight is 446 g/mol. The summed E-state index contributed by atoms with van der Waals surface area (Å²) in [7, 11) is 0. The number of nitrogens with one attached hydrogen (secondary N) is 1. The van der Waals surface area contributed by atoms with E-state index in [2.05, 4.69) is 26.5 Å². The fourth-order valence-electron chi connectivity index (χ4n) is 2.52. The van der Waals surface area contributed by atoms with Crippen molar-refractivity contribution in [3.63, 3.8) is 0 Å². The van der Waals surface area contributed by atoms with E-state index in [1.807, 2.05) is 37.3 Å². The van der Waals surface area contributed by atoms with E-state index >= 15 is 0 Å². The lowest BCUT2D eigenvalue weighted by Gasteiger charge is -2.17. The maximum atomic E-state index is 12.4. The molecule has 1 amide bonds. The number of furan rings is 1. The van der Waals surface area contributed by atoms with E-state index in [1.165, 1.54) is 18.3 Å². The third-order valence-corrected chi connectivity index (χ3v) is 4.74. The maximum Gasteiger partial charge on any atom is 0.433 e. The Labute approximate surface area is 168 Å². The molecule has 0 saturated carbocycles. The predicted octanol–water partition coefficient (Wildman–Crippen LogP) is 4.41. The van der Waals surface area contributed by atoms with Gasteiger partial charge in [-0.15, -0.1) is 0 Å². The second-order valence-corrected chi connectivity index (χ2v) is 6.57. The van der Waals surface area contributed by atoms with Crippen LogP contribution in [0.3, 0.4) is 0 Å². The van der Waals surface area contributed by atoms with Crippen molar-refractivity contribution in [2.75, 3.05) is 0 Å². The first-order valence-corrected chi connectivity index (χ1v) is 9.20. The number of hydrogen-bond donors (Lipinski definition) is 1. The molecule has 8 nitrogen and oxygen atoms in total. The number of hydrazone groups is 1. The van der Waals surface area contributed by atoms with Crippen molar-refractivity contribution in [3.8, 4) is 5.75 Å². The molecule has 9 heteroatoms.